The van der Waals surface area contributed by atoms with Crippen LogP contribution in [0.4, 0.5) is 11.4 Å². The second-order valence-electron chi connectivity index (χ2n) is 6.83. The minimum atomic E-state index is -0.206. The van der Waals surface area contributed by atoms with Gasteiger partial charge in [0.05, 0.1) is 12.7 Å². The number of amides is 2. The summed E-state index contributed by atoms with van der Waals surface area (Å²) in [4.78, 5) is 31.3. The molecule has 1 aliphatic heterocycles. The molecule has 0 aliphatic carbocycles. The summed E-state index contributed by atoms with van der Waals surface area (Å²) in [6.07, 6.45) is 4.96. The lowest BCUT2D eigenvalue weighted by atomic mass is 10.00. The molecule has 2 aromatic carbocycles. The highest BCUT2D eigenvalue weighted by molar-refractivity contribution is 6.07. The zero-order chi connectivity index (χ0) is 20.2. The van der Waals surface area contributed by atoms with Gasteiger partial charge >= 0.3 is 0 Å². The Kier molecular flexibility index (Phi) is 5.24. The molecule has 4 rings (SSSR count). The van der Waals surface area contributed by atoms with Crippen molar-refractivity contribution in [2.24, 2.45) is 0 Å². The van der Waals surface area contributed by atoms with Gasteiger partial charge in [-0.1, -0.05) is 6.07 Å². The molecule has 0 saturated heterocycles. The Labute approximate surface area is 169 Å². The summed E-state index contributed by atoms with van der Waals surface area (Å²) in [6.45, 7) is 0.663. The zero-order valence-corrected chi connectivity index (χ0v) is 16.1. The van der Waals surface area contributed by atoms with Crippen LogP contribution in [0.2, 0.25) is 0 Å². The van der Waals surface area contributed by atoms with Crippen molar-refractivity contribution in [3.05, 3.63) is 83.7 Å². The van der Waals surface area contributed by atoms with Crippen molar-refractivity contribution < 1.29 is 14.3 Å². The molecular weight excluding hydrogens is 366 g/mol. The number of anilines is 2. The number of methoxy groups -OCH3 is 1. The molecule has 0 unspecified atom stereocenters. The monoisotopic (exact) mass is 387 g/mol. The van der Waals surface area contributed by atoms with E-state index in [1.165, 1.54) is 0 Å². The number of fused-ring (bicyclic) bond motifs is 1. The molecule has 0 atom stereocenters. The molecule has 1 N–H and O–H groups in total. The molecule has 6 nitrogen and oxygen atoms in total. The van der Waals surface area contributed by atoms with E-state index in [0.29, 0.717) is 29.1 Å². The van der Waals surface area contributed by atoms with E-state index >= 15 is 0 Å². The number of pyridine rings is 1. The first-order valence-electron chi connectivity index (χ1n) is 9.46. The number of aryl methyl sites for hydroxylation is 1. The van der Waals surface area contributed by atoms with Gasteiger partial charge in [-0.15, -0.1) is 0 Å². The number of carbonyl (C=O) groups is 2. The standard InChI is InChI=1S/C23H21N3O3/c1-29-20-8-2-5-17(14-20)22(27)25-19-9-10-21-16(13-19)7-4-12-26(21)23(28)18-6-3-11-24-15-18/h2-3,5-6,8-11,13-15H,4,7,12H2,1H3,(H,25,27). The van der Waals surface area contributed by atoms with Crippen LogP contribution < -0.4 is 15.0 Å². The third-order valence-electron chi connectivity index (χ3n) is 4.94. The van der Waals surface area contributed by atoms with Gasteiger partial charge in [0.2, 0.25) is 0 Å². The first-order chi connectivity index (χ1) is 14.2. The summed E-state index contributed by atoms with van der Waals surface area (Å²) in [7, 11) is 1.57. The molecule has 0 saturated carbocycles. The maximum atomic E-state index is 12.9. The van der Waals surface area contributed by atoms with Crippen molar-refractivity contribution in [3.8, 4) is 5.75 Å². The first-order valence-corrected chi connectivity index (χ1v) is 9.46. The van der Waals surface area contributed by atoms with Crippen molar-refractivity contribution in [2.75, 3.05) is 23.9 Å². The van der Waals surface area contributed by atoms with Gasteiger partial charge in [0.15, 0.2) is 0 Å². The molecule has 1 aromatic heterocycles. The first kappa shape index (κ1) is 18.7. The lowest BCUT2D eigenvalue weighted by Crippen LogP contribution is -2.35. The summed E-state index contributed by atoms with van der Waals surface area (Å²) in [5.41, 5.74) is 3.71. The van der Waals surface area contributed by atoms with Crippen LogP contribution in [0, 0.1) is 0 Å². The molecular formula is C23H21N3O3. The van der Waals surface area contributed by atoms with Crippen LogP contribution in [-0.2, 0) is 6.42 Å². The van der Waals surface area contributed by atoms with Crippen molar-refractivity contribution in [1.29, 1.82) is 0 Å². The lowest BCUT2D eigenvalue weighted by Gasteiger charge is -2.30. The third kappa shape index (κ3) is 3.96. The quantitative estimate of drug-likeness (QED) is 0.736. The predicted molar refractivity (Wildman–Crippen MR) is 112 cm³/mol. The topological polar surface area (TPSA) is 71.5 Å². The highest BCUT2D eigenvalue weighted by Crippen LogP contribution is 2.31. The summed E-state index contributed by atoms with van der Waals surface area (Å²) >= 11 is 0. The Morgan fingerprint density at radius 3 is 2.72 bits per heavy atom. The molecule has 2 amide bonds. The van der Waals surface area contributed by atoms with E-state index in [-0.39, 0.29) is 11.8 Å². The van der Waals surface area contributed by atoms with Crippen LogP contribution in [0.1, 0.15) is 32.7 Å². The Hall–Kier alpha value is -3.67. The minimum absolute atomic E-state index is 0.0628. The zero-order valence-electron chi connectivity index (χ0n) is 16.1. The Bertz CT molecular complexity index is 1050. The van der Waals surface area contributed by atoms with Gasteiger partial charge in [0, 0.05) is 35.9 Å². The summed E-state index contributed by atoms with van der Waals surface area (Å²) in [5, 5.41) is 2.93. The molecule has 29 heavy (non-hydrogen) atoms. The van der Waals surface area contributed by atoms with Crippen LogP contribution in [-0.4, -0.2) is 30.5 Å². The Morgan fingerprint density at radius 2 is 1.93 bits per heavy atom. The Balaban J connectivity index is 1.55. The molecule has 3 aromatic rings. The van der Waals surface area contributed by atoms with Gasteiger partial charge in [-0.3, -0.25) is 14.6 Å². The van der Waals surface area contributed by atoms with E-state index in [2.05, 4.69) is 10.3 Å². The molecule has 0 radical (unpaired) electrons. The van der Waals surface area contributed by atoms with Crippen LogP contribution >= 0.6 is 0 Å². The SMILES string of the molecule is COc1cccc(C(=O)Nc2ccc3c(c2)CCCN3C(=O)c2cccnc2)c1. The predicted octanol–water partition coefficient (Wildman–Crippen LogP) is 3.94. The number of hydrogen-bond donors (Lipinski definition) is 1. The fourth-order valence-electron chi connectivity index (χ4n) is 3.50. The Morgan fingerprint density at radius 1 is 1.07 bits per heavy atom. The number of aromatic nitrogens is 1. The van der Waals surface area contributed by atoms with Crippen LogP contribution in [0.15, 0.2) is 67.0 Å². The number of hydrogen-bond acceptors (Lipinski definition) is 4. The van der Waals surface area contributed by atoms with Gasteiger partial charge in [0.25, 0.3) is 11.8 Å². The van der Waals surface area contributed by atoms with Gasteiger partial charge in [-0.05, 0) is 66.9 Å². The fraction of sp³-hybridized carbons (Fsp3) is 0.174. The second kappa shape index (κ2) is 8.14. The van der Waals surface area contributed by atoms with E-state index in [9.17, 15) is 9.59 Å². The molecule has 1 aliphatic rings. The van der Waals surface area contributed by atoms with Crippen LogP contribution in [0.3, 0.4) is 0 Å². The average molecular weight is 387 g/mol. The van der Waals surface area contributed by atoms with Crippen LogP contribution in [0.25, 0.3) is 0 Å². The second-order valence-corrected chi connectivity index (χ2v) is 6.83. The maximum absolute atomic E-state index is 12.9. The molecule has 0 bridgehead atoms. The number of ether oxygens (including phenoxy) is 1. The fourth-order valence-corrected chi connectivity index (χ4v) is 3.50. The number of carbonyl (C=O) groups excluding carboxylic acids is 2. The number of nitrogens with one attached hydrogen (secondary N) is 1. The van der Waals surface area contributed by atoms with Crippen molar-refractivity contribution >= 4 is 23.2 Å². The number of rotatable bonds is 4. The smallest absolute Gasteiger partial charge is 0.259 e. The third-order valence-corrected chi connectivity index (χ3v) is 4.94. The lowest BCUT2D eigenvalue weighted by molar-refractivity contribution is 0.0983. The molecule has 0 spiro atoms. The summed E-state index contributed by atoms with van der Waals surface area (Å²) < 4.78 is 5.18. The minimum Gasteiger partial charge on any atom is -0.497 e. The van der Waals surface area contributed by atoms with E-state index in [0.717, 1.165) is 24.1 Å². The highest BCUT2D eigenvalue weighted by Gasteiger charge is 2.24. The molecule has 2 heterocycles. The average Bonchev–Trinajstić information content (AvgIpc) is 2.78. The summed E-state index contributed by atoms with van der Waals surface area (Å²) in [5.74, 6) is 0.364. The van der Waals surface area contributed by atoms with Gasteiger partial charge in [-0.2, -0.15) is 0 Å². The maximum Gasteiger partial charge on any atom is 0.259 e. The van der Waals surface area contributed by atoms with Crippen molar-refractivity contribution in [2.45, 2.75) is 12.8 Å². The van der Waals surface area contributed by atoms with E-state index in [1.807, 2.05) is 18.2 Å². The van der Waals surface area contributed by atoms with Crippen molar-refractivity contribution in [1.82, 2.24) is 4.98 Å². The highest BCUT2D eigenvalue weighted by atomic mass is 16.5. The van der Waals surface area contributed by atoms with Gasteiger partial charge in [0.1, 0.15) is 5.75 Å². The molecule has 0 fully saturated rings. The molecule has 6 heteroatoms. The van der Waals surface area contributed by atoms with E-state index in [4.69, 9.17) is 4.74 Å². The molecule has 146 valence electrons. The number of benzene rings is 2. The summed E-state index contributed by atoms with van der Waals surface area (Å²) in [6, 6.07) is 16.2. The normalized spacial score (nSPS) is 12.8. The largest absolute Gasteiger partial charge is 0.497 e. The van der Waals surface area contributed by atoms with Crippen molar-refractivity contribution in [3.63, 3.8) is 0 Å². The van der Waals surface area contributed by atoms with Gasteiger partial charge in [-0.25, -0.2) is 0 Å². The van der Waals surface area contributed by atoms with Crippen LogP contribution in [0.5, 0.6) is 5.75 Å². The number of nitrogens with zero attached hydrogens (tertiary/aromatic N) is 2. The van der Waals surface area contributed by atoms with Gasteiger partial charge < -0.3 is 15.0 Å². The van der Waals surface area contributed by atoms with E-state index < -0.39 is 0 Å². The van der Waals surface area contributed by atoms with E-state index in [1.54, 1.807) is 60.8 Å².